The summed E-state index contributed by atoms with van der Waals surface area (Å²) in [5.74, 6) is -14.4. The van der Waals surface area contributed by atoms with E-state index in [4.69, 9.17) is 39.5 Å². The maximum atomic E-state index is 14.8. The fourth-order valence-electron chi connectivity index (χ4n) is 9.49. The number of aliphatic imine (C=N–C) groups is 2. The summed E-state index contributed by atoms with van der Waals surface area (Å²) in [7, 11) is 0. The number of carbonyl (C=O) groups is 13. The van der Waals surface area contributed by atoms with E-state index in [2.05, 4.69) is 68.1 Å². The van der Waals surface area contributed by atoms with Gasteiger partial charge in [-0.1, -0.05) is 52.3 Å². The first-order chi connectivity index (χ1) is 42.5. The van der Waals surface area contributed by atoms with Gasteiger partial charge in [-0.3, -0.25) is 67.5 Å². The van der Waals surface area contributed by atoms with Gasteiger partial charge in [0.1, 0.15) is 48.3 Å². The van der Waals surface area contributed by atoms with E-state index in [0.29, 0.717) is 35.9 Å². The number of carboxylic acid groups (broad SMARTS) is 2. The van der Waals surface area contributed by atoms with Crippen molar-refractivity contribution in [1.29, 1.82) is 0 Å². The van der Waals surface area contributed by atoms with E-state index in [-0.39, 0.29) is 81.3 Å². The first kappa shape index (κ1) is 74.6. The van der Waals surface area contributed by atoms with Gasteiger partial charge in [-0.2, -0.15) is 0 Å². The van der Waals surface area contributed by atoms with E-state index in [1.54, 1.807) is 51.2 Å². The Bertz CT molecular complexity index is 2900. The molecule has 11 amide bonds. The molecule has 34 nitrogen and oxygen atoms in total. The van der Waals surface area contributed by atoms with Crippen molar-refractivity contribution in [2.24, 2.45) is 56.2 Å². The second-order valence-corrected chi connectivity index (χ2v) is 22.3. The molecule has 25 N–H and O–H groups in total. The molecule has 90 heavy (non-hydrogen) atoms. The highest BCUT2D eigenvalue weighted by Crippen LogP contribution is 2.20. The number of fused-ring (bicyclic) bond motifs is 1. The molecule has 1 saturated heterocycles. The van der Waals surface area contributed by atoms with Crippen LogP contribution in [0.2, 0.25) is 0 Å². The Labute approximate surface area is 519 Å². The second-order valence-electron chi connectivity index (χ2n) is 22.3. The summed E-state index contributed by atoms with van der Waals surface area (Å²) in [6.45, 7) is 6.76. The number of guanidine groups is 2. The number of benzene rings is 1. The van der Waals surface area contributed by atoms with Crippen molar-refractivity contribution in [3.8, 4) is 0 Å². The Morgan fingerprint density at radius 1 is 0.600 bits per heavy atom. The van der Waals surface area contributed by atoms with Gasteiger partial charge in [0, 0.05) is 49.5 Å². The van der Waals surface area contributed by atoms with E-state index >= 15 is 0 Å². The maximum absolute atomic E-state index is 14.8. The predicted octanol–water partition coefficient (Wildman–Crippen LogP) is -5.25. The SMILES string of the molecule is CC[C@H](C)[C@H](NC(=O)[C@@H]1CCCN1)C(=O)NCC(=O)N[C@@H](CCC(N)=O)C(=O)N[C@@H](CCCN=C(N)N)C(=O)N[C@@H](Cc1c[nH]c2ccccc12)C(=O)N[C@@H](CC(N)=O)C(=O)N[C@@H](CCCN=C(N)N)C(=O)N[C@@H](CC(C)C)C(=O)N[C@@H](CCC(=O)O)C(=O)O. The van der Waals surface area contributed by atoms with Crippen LogP contribution in [-0.2, 0) is 68.7 Å². The summed E-state index contributed by atoms with van der Waals surface area (Å²) >= 11 is 0. The van der Waals surface area contributed by atoms with Gasteiger partial charge in [-0.15, -0.1) is 0 Å². The third-order valence-corrected chi connectivity index (χ3v) is 14.5. The number of nitrogens with two attached hydrogens (primary N) is 6. The quantitative estimate of drug-likeness (QED) is 0.0168. The lowest BCUT2D eigenvalue weighted by atomic mass is 9.97. The molecule has 3 rings (SSSR count). The molecule has 0 spiro atoms. The molecule has 2 aromatic rings. The Kier molecular flexibility index (Phi) is 31.4. The number of amides is 11. The third kappa shape index (κ3) is 26.8. The molecule has 498 valence electrons. The minimum atomic E-state index is -1.88. The van der Waals surface area contributed by atoms with E-state index < -0.39 is 164 Å². The fraction of sp³-hybridized carbons (Fsp3) is 0.589. The Hall–Kier alpha value is -9.63. The minimum absolute atomic E-state index is 0.0127. The number of nitrogens with one attached hydrogen (secondary N) is 11. The number of nitrogens with zero attached hydrogens (tertiary/aromatic N) is 2. The van der Waals surface area contributed by atoms with Gasteiger partial charge in [0.2, 0.25) is 65.0 Å². The van der Waals surface area contributed by atoms with Crippen molar-refractivity contribution in [3.63, 3.8) is 0 Å². The number of para-hydroxylation sites is 1. The van der Waals surface area contributed by atoms with Crippen LogP contribution in [0.1, 0.15) is 117 Å². The van der Waals surface area contributed by atoms with Crippen molar-refractivity contribution in [1.82, 2.24) is 58.2 Å². The first-order valence-electron chi connectivity index (χ1n) is 29.6. The van der Waals surface area contributed by atoms with Crippen molar-refractivity contribution in [2.75, 3.05) is 26.2 Å². The van der Waals surface area contributed by atoms with Gasteiger partial charge in [0.25, 0.3) is 0 Å². The van der Waals surface area contributed by atoms with Gasteiger partial charge >= 0.3 is 11.9 Å². The molecule has 1 aromatic heterocycles. The summed E-state index contributed by atoms with van der Waals surface area (Å²) in [4.78, 5) is 185. The highest BCUT2D eigenvalue weighted by Gasteiger charge is 2.36. The van der Waals surface area contributed by atoms with Gasteiger partial charge < -0.3 is 103 Å². The number of hydrogen-bond acceptors (Lipinski definition) is 16. The largest absolute Gasteiger partial charge is 0.481 e. The van der Waals surface area contributed by atoms with Crippen LogP contribution in [-0.4, -0.2) is 185 Å². The van der Waals surface area contributed by atoms with Crippen LogP contribution in [0.15, 0.2) is 40.4 Å². The zero-order valence-electron chi connectivity index (χ0n) is 51.0. The molecule has 10 atom stereocenters. The molecule has 0 aliphatic carbocycles. The highest BCUT2D eigenvalue weighted by atomic mass is 16.4. The van der Waals surface area contributed by atoms with Crippen LogP contribution in [0, 0.1) is 11.8 Å². The lowest BCUT2D eigenvalue weighted by molar-refractivity contribution is -0.143. The van der Waals surface area contributed by atoms with E-state index in [1.165, 1.54) is 0 Å². The molecule has 0 saturated carbocycles. The van der Waals surface area contributed by atoms with Gasteiger partial charge in [0.15, 0.2) is 11.9 Å². The van der Waals surface area contributed by atoms with Crippen LogP contribution in [0.4, 0.5) is 0 Å². The normalized spacial score (nSPS) is 15.7. The molecule has 1 aliphatic heterocycles. The van der Waals surface area contributed by atoms with Crippen molar-refractivity contribution < 1.29 is 72.5 Å². The number of aromatic nitrogens is 1. The standard InChI is InChI=1S/C56H89N19O15/c1-5-29(4)45(75-46(81)33-13-8-20-63-33)53(88)67-27-43(78)68-36(16-18-41(57)76)49(84)69-34(14-9-21-64-55(59)60)48(83)73-39(24-30-26-66-32-12-7-6-11-31(30)32)51(86)74-40(25-42(58)77)52(87)70-35(15-10-22-65-56(61)62)47(82)72-38(23-28(2)3)50(85)71-37(54(89)90)17-19-44(79)80/h6-7,11-12,26,28-29,33-40,45,63,66H,5,8-10,13-25,27H2,1-4H3,(H2,57,76)(H2,58,77)(H,67,88)(H,68,78)(H,69,84)(H,70,87)(H,71,85)(H,72,82)(H,73,83)(H,74,86)(H,75,81)(H,79,80)(H,89,90)(H4,59,60,64)(H4,61,62,65)/t29-,33-,34-,35-,36-,37-,38-,39-,40-,45-/m0/s1. The molecule has 0 bridgehead atoms. The molecular weight excluding hydrogens is 1180 g/mol. The lowest BCUT2D eigenvalue weighted by Crippen LogP contribution is -2.60. The monoisotopic (exact) mass is 1270 g/mol. The summed E-state index contributed by atoms with van der Waals surface area (Å²) in [6, 6.07) is -5.98. The van der Waals surface area contributed by atoms with Crippen LogP contribution in [0.5, 0.6) is 0 Å². The molecule has 1 fully saturated rings. The van der Waals surface area contributed by atoms with Crippen molar-refractivity contribution in [3.05, 3.63) is 36.0 Å². The van der Waals surface area contributed by atoms with E-state index in [1.807, 2.05) is 6.92 Å². The summed E-state index contributed by atoms with van der Waals surface area (Å²) in [6.07, 6.45) is -0.278. The van der Waals surface area contributed by atoms with E-state index in [9.17, 15) is 67.4 Å². The van der Waals surface area contributed by atoms with Gasteiger partial charge in [0.05, 0.1) is 19.0 Å². The fourth-order valence-corrected chi connectivity index (χ4v) is 9.49. The average molecular weight is 1270 g/mol. The smallest absolute Gasteiger partial charge is 0.326 e. The predicted molar refractivity (Wildman–Crippen MR) is 327 cm³/mol. The topological polar surface area (TPSA) is 579 Å². The van der Waals surface area contributed by atoms with Crippen molar-refractivity contribution >= 4 is 99.7 Å². The van der Waals surface area contributed by atoms with Gasteiger partial charge in [-0.05, 0) is 87.8 Å². The Morgan fingerprint density at radius 3 is 1.63 bits per heavy atom. The zero-order chi connectivity index (χ0) is 67.2. The number of aliphatic carboxylic acids is 2. The summed E-state index contributed by atoms with van der Waals surface area (Å²) < 4.78 is 0. The number of carbonyl (C=O) groups excluding carboxylic acids is 11. The Morgan fingerprint density at radius 2 is 1.11 bits per heavy atom. The molecule has 34 heteroatoms. The van der Waals surface area contributed by atoms with Crippen LogP contribution < -0.4 is 87.6 Å². The number of H-pyrrole nitrogens is 1. The van der Waals surface area contributed by atoms with Crippen LogP contribution >= 0.6 is 0 Å². The number of rotatable bonds is 41. The van der Waals surface area contributed by atoms with Crippen molar-refractivity contribution in [2.45, 2.75) is 172 Å². The first-order valence-corrected chi connectivity index (χ1v) is 29.6. The maximum Gasteiger partial charge on any atom is 0.326 e. The zero-order valence-corrected chi connectivity index (χ0v) is 51.0. The average Bonchev–Trinajstić information content (AvgIpc) is 1.99. The number of primary amides is 2. The number of carboxylic acids is 2. The minimum Gasteiger partial charge on any atom is -0.481 e. The number of hydrogen-bond donors (Lipinski definition) is 19. The van der Waals surface area contributed by atoms with Crippen LogP contribution in [0.3, 0.4) is 0 Å². The number of aromatic amines is 1. The molecule has 2 heterocycles. The lowest BCUT2D eigenvalue weighted by Gasteiger charge is -2.28. The highest BCUT2D eigenvalue weighted by molar-refractivity contribution is 6.00. The van der Waals surface area contributed by atoms with Crippen LogP contribution in [0.25, 0.3) is 10.9 Å². The summed E-state index contributed by atoms with van der Waals surface area (Å²) in [5, 5.41) is 45.1. The second kappa shape index (κ2) is 37.9. The molecule has 1 aromatic carbocycles. The third-order valence-electron chi connectivity index (χ3n) is 14.5. The van der Waals surface area contributed by atoms with Gasteiger partial charge in [-0.25, -0.2) is 4.79 Å². The molecule has 1 aliphatic rings. The Balaban J connectivity index is 2.01. The molecule has 0 unspecified atom stereocenters. The van der Waals surface area contributed by atoms with E-state index in [0.717, 1.165) is 6.42 Å². The summed E-state index contributed by atoms with van der Waals surface area (Å²) in [5.41, 5.74) is 34.2. The molecule has 0 radical (unpaired) electrons. The molecular formula is C56H89N19O15.